The van der Waals surface area contributed by atoms with Crippen molar-refractivity contribution in [3.05, 3.63) is 48.5 Å². The molecule has 132 valence electrons. The van der Waals surface area contributed by atoms with Crippen molar-refractivity contribution < 1.29 is 17.9 Å². The van der Waals surface area contributed by atoms with Gasteiger partial charge in [-0.25, -0.2) is 8.42 Å². The lowest BCUT2D eigenvalue weighted by Gasteiger charge is -2.32. The zero-order valence-electron chi connectivity index (χ0n) is 13.4. The first-order valence-electron chi connectivity index (χ1n) is 7.79. The number of piperidine rings is 1. The first-order valence-corrected chi connectivity index (χ1v) is 9.23. The second-order valence-electron chi connectivity index (χ2n) is 5.67. The molecule has 9 heteroatoms. The summed E-state index contributed by atoms with van der Waals surface area (Å²) in [7, 11) is -3.60. The first kappa shape index (κ1) is 17.3. The van der Waals surface area contributed by atoms with Gasteiger partial charge in [-0.15, -0.1) is 0 Å². The van der Waals surface area contributed by atoms with Crippen LogP contribution >= 0.6 is 0 Å². The molecule has 1 amide bonds. The van der Waals surface area contributed by atoms with E-state index >= 15 is 0 Å². The third kappa shape index (κ3) is 3.94. The van der Waals surface area contributed by atoms with E-state index in [0.29, 0.717) is 25.1 Å². The zero-order valence-corrected chi connectivity index (χ0v) is 14.2. The standard InChI is InChI=1S/C16H18N4O4S/c17-16(21)15-9-12(5-7-19-15)24-13-3-2-8-20(11-13)25(22,23)14-4-1-6-18-10-14/h1,4-7,9-10,13H,2-3,8,11H2,(H2,17,21). The minimum absolute atomic E-state index is 0.105. The number of sulfonamides is 1. The van der Waals surface area contributed by atoms with Crippen molar-refractivity contribution in [2.24, 2.45) is 5.73 Å². The van der Waals surface area contributed by atoms with Gasteiger partial charge in [-0.1, -0.05) is 0 Å². The summed E-state index contributed by atoms with van der Waals surface area (Å²) >= 11 is 0. The topological polar surface area (TPSA) is 115 Å². The third-order valence-electron chi connectivity index (χ3n) is 3.90. The van der Waals surface area contributed by atoms with Gasteiger partial charge in [0.15, 0.2) is 0 Å². The number of carbonyl (C=O) groups excluding carboxylic acids is 1. The smallest absolute Gasteiger partial charge is 0.267 e. The molecule has 1 aliphatic rings. The lowest BCUT2D eigenvalue weighted by atomic mass is 10.1. The summed E-state index contributed by atoms with van der Waals surface area (Å²) < 4.78 is 32.6. The Morgan fingerprint density at radius 2 is 2.16 bits per heavy atom. The SMILES string of the molecule is NC(=O)c1cc(OC2CCCN(S(=O)(=O)c3cccnc3)C2)ccn1. The highest BCUT2D eigenvalue weighted by atomic mass is 32.2. The van der Waals surface area contributed by atoms with Crippen LogP contribution in [0.4, 0.5) is 0 Å². The highest BCUT2D eigenvalue weighted by Crippen LogP contribution is 2.23. The Labute approximate surface area is 145 Å². The number of pyridine rings is 2. The summed E-state index contributed by atoms with van der Waals surface area (Å²) in [6.45, 7) is 0.658. The van der Waals surface area contributed by atoms with Crippen molar-refractivity contribution in [3.63, 3.8) is 0 Å². The van der Waals surface area contributed by atoms with Crippen LogP contribution in [0.5, 0.6) is 5.75 Å². The number of hydrogen-bond acceptors (Lipinski definition) is 6. The molecule has 0 aromatic carbocycles. The second kappa shape index (κ2) is 7.16. The van der Waals surface area contributed by atoms with Crippen LogP contribution in [-0.2, 0) is 10.0 Å². The number of carbonyl (C=O) groups is 1. The molecule has 1 saturated heterocycles. The summed E-state index contributed by atoms with van der Waals surface area (Å²) in [5.41, 5.74) is 5.31. The van der Waals surface area contributed by atoms with E-state index in [2.05, 4.69) is 9.97 Å². The largest absolute Gasteiger partial charge is 0.489 e. The van der Waals surface area contributed by atoms with Crippen molar-refractivity contribution >= 4 is 15.9 Å². The molecule has 3 heterocycles. The molecule has 1 aliphatic heterocycles. The minimum atomic E-state index is -3.60. The number of amides is 1. The highest BCUT2D eigenvalue weighted by Gasteiger charge is 2.31. The number of ether oxygens (including phenoxy) is 1. The van der Waals surface area contributed by atoms with Crippen LogP contribution < -0.4 is 10.5 Å². The molecule has 2 N–H and O–H groups in total. The molecule has 0 aliphatic carbocycles. The fraction of sp³-hybridized carbons (Fsp3) is 0.312. The molecule has 1 atom stereocenters. The third-order valence-corrected chi connectivity index (χ3v) is 5.75. The van der Waals surface area contributed by atoms with Crippen molar-refractivity contribution in [2.75, 3.05) is 13.1 Å². The molecular weight excluding hydrogens is 344 g/mol. The highest BCUT2D eigenvalue weighted by molar-refractivity contribution is 7.89. The van der Waals surface area contributed by atoms with Gasteiger partial charge in [0, 0.05) is 31.2 Å². The number of primary amides is 1. The molecule has 25 heavy (non-hydrogen) atoms. The van der Waals surface area contributed by atoms with Gasteiger partial charge in [0.25, 0.3) is 5.91 Å². The molecule has 3 rings (SSSR count). The van der Waals surface area contributed by atoms with Gasteiger partial charge in [0.2, 0.25) is 10.0 Å². The predicted octanol–water partition coefficient (Wildman–Crippen LogP) is 0.808. The Balaban J connectivity index is 1.73. The number of nitrogens with two attached hydrogens (primary N) is 1. The van der Waals surface area contributed by atoms with E-state index in [1.54, 1.807) is 12.1 Å². The summed E-state index contributed by atoms with van der Waals surface area (Å²) in [5, 5.41) is 0. The van der Waals surface area contributed by atoms with Gasteiger partial charge < -0.3 is 10.5 Å². The van der Waals surface area contributed by atoms with Gasteiger partial charge >= 0.3 is 0 Å². The van der Waals surface area contributed by atoms with Gasteiger partial charge in [0.1, 0.15) is 22.4 Å². The number of hydrogen-bond donors (Lipinski definition) is 1. The van der Waals surface area contributed by atoms with Crippen molar-refractivity contribution in [2.45, 2.75) is 23.8 Å². The van der Waals surface area contributed by atoms with Crippen LogP contribution in [0.2, 0.25) is 0 Å². The quantitative estimate of drug-likeness (QED) is 0.841. The minimum Gasteiger partial charge on any atom is -0.489 e. The van der Waals surface area contributed by atoms with Crippen LogP contribution in [-0.4, -0.2) is 47.8 Å². The predicted molar refractivity (Wildman–Crippen MR) is 89.4 cm³/mol. The summed E-state index contributed by atoms with van der Waals surface area (Å²) in [4.78, 5) is 19.1. The van der Waals surface area contributed by atoms with Crippen molar-refractivity contribution in [3.8, 4) is 5.75 Å². The van der Waals surface area contributed by atoms with E-state index in [0.717, 1.165) is 0 Å². The van der Waals surface area contributed by atoms with E-state index in [1.807, 2.05) is 0 Å². The molecule has 8 nitrogen and oxygen atoms in total. The fourth-order valence-electron chi connectivity index (χ4n) is 2.68. The van der Waals surface area contributed by atoms with E-state index in [9.17, 15) is 13.2 Å². The Hall–Kier alpha value is -2.52. The van der Waals surface area contributed by atoms with E-state index in [4.69, 9.17) is 10.5 Å². The average Bonchev–Trinajstić information content (AvgIpc) is 2.63. The maximum Gasteiger partial charge on any atom is 0.267 e. The van der Waals surface area contributed by atoms with Crippen molar-refractivity contribution in [1.29, 1.82) is 0 Å². The molecule has 0 bridgehead atoms. The molecule has 0 spiro atoms. The van der Waals surface area contributed by atoms with E-state index < -0.39 is 15.9 Å². The molecule has 2 aromatic rings. The molecule has 1 unspecified atom stereocenters. The average molecular weight is 362 g/mol. The van der Waals surface area contributed by atoms with Gasteiger partial charge in [-0.2, -0.15) is 4.31 Å². The zero-order chi connectivity index (χ0) is 17.9. The lowest BCUT2D eigenvalue weighted by molar-refractivity contribution is 0.0993. The monoisotopic (exact) mass is 362 g/mol. The van der Waals surface area contributed by atoms with E-state index in [1.165, 1.54) is 35.0 Å². The van der Waals surface area contributed by atoms with Crippen LogP contribution in [0.15, 0.2) is 47.8 Å². The maximum atomic E-state index is 12.7. The van der Waals surface area contributed by atoms with Crippen LogP contribution in [0.3, 0.4) is 0 Å². The molecular formula is C16H18N4O4S. The summed E-state index contributed by atoms with van der Waals surface area (Å²) in [6, 6.07) is 6.18. The molecule has 1 fully saturated rings. The van der Waals surface area contributed by atoms with E-state index in [-0.39, 0.29) is 23.2 Å². The molecule has 0 saturated carbocycles. The molecule has 0 radical (unpaired) electrons. The summed E-state index contributed by atoms with van der Waals surface area (Å²) in [5.74, 6) is -0.204. The maximum absolute atomic E-state index is 12.7. The van der Waals surface area contributed by atoms with Crippen molar-refractivity contribution in [1.82, 2.24) is 14.3 Å². The Morgan fingerprint density at radius 1 is 1.32 bits per heavy atom. The second-order valence-corrected chi connectivity index (χ2v) is 7.61. The summed E-state index contributed by atoms with van der Waals surface area (Å²) in [6.07, 6.45) is 5.37. The first-order chi connectivity index (χ1) is 12.0. The fourth-order valence-corrected chi connectivity index (χ4v) is 4.15. The Bertz CT molecular complexity index is 857. The molecule has 2 aromatic heterocycles. The normalized spacial score (nSPS) is 18.6. The van der Waals surface area contributed by atoms with Crippen LogP contribution in [0.1, 0.15) is 23.3 Å². The number of aromatic nitrogens is 2. The van der Waals surface area contributed by atoms with Gasteiger partial charge in [-0.3, -0.25) is 14.8 Å². The van der Waals surface area contributed by atoms with Gasteiger partial charge in [-0.05, 0) is 31.0 Å². The number of nitrogens with zero attached hydrogens (tertiary/aromatic N) is 3. The lowest BCUT2D eigenvalue weighted by Crippen LogP contribution is -2.44. The van der Waals surface area contributed by atoms with Crippen LogP contribution in [0, 0.1) is 0 Å². The van der Waals surface area contributed by atoms with Gasteiger partial charge in [0.05, 0.1) is 6.54 Å². The number of rotatable bonds is 5. The Morgan fingerprint density at radius 3 is 2.88 bits per heavy atom. The Kier molecular flexibility index (Phi) is 4.95. The van der Waals surface area contributed by atoms with Crippen LogP contribution in [0.25, 0.3) is 0 Å².